The minimum Gasteiger partial charge on any atom is -0.378 e. The molecule has 0 amide bonds. The van der Waals surface area contributed by atoms with Crippen LogP contribution in [0.25, 0.3) is 0 Å². The van der Waals surface area contributed by atoms with Crippen molar-refractivity contribution in [3.05, 3.63) is 33.8 Å². The van der Waals surface area contributed by atoms with Crippen LogP contribution < -0.4 is 0 Å². The van der Waals surface area contributed by atoms with Gasteiger partial charge in [-0.25, -0.2) is 0 Å². The summed E-state index contributed by atoms with van der Waals surface area (Å²) in [6.45, 7) is 3.00. The SMILES string of the molecule is CCC1OCCC1C(Br)c1ccc(Cl)cc1Cl. The lowest BCUT2D eigenvalue weighted by atomic mass is 9.92. The van der Waals surface area contributed by atoms with Crippen LogP contribution in [0.3, 0.4) is 0 Å². The van der Waals surface area contributed by atoms with Crippen molar-refractivity contribution in [3.63, 3.8) is 0 Å². The van der Waals surface area contributed by atoms with Gasteiger partial charge in [0.05, 0.1) is 6.10 Å². The van der Waals surface area contributed by atoms with Gasteiger partial charge < -0.3 is 4.74 Å². The first-order chi connectivity index (χ1) is 8.13. The van der Waals surface area contributed by atoms with Crippen LogP contribution in [0.2, 0.25) is 10.0 Å². The highest BCUT2D eigenvalue weighted by Crippen LogP contribution is 2.43. The van der Waals surface area contributed by atoms with Crippen LogP contribution in [0, 0.1) is 5.92 Å². The number of halogens is 3. The fourth-order valence-corrected chi connectivity index (χ4v) is 4.04. The van der Waals surface area contributed by atoms with Crippen molar-refractivity contribution in [3.8, 4) is 0 Å². The molecule has 1 aromatic carbocycles. The molecule has 1 nitrogen and oxygen atoms in total. The first-order valence-electron chi connectivity index (χ1n) is 5.84. The van der Waals surface area contributed by atoms with E-state index in [9.17, 15) is 0 Å². The highest BCUT2D eigenvalue weighted by molar-refractivity contribution is 9.09. The molecule has 0 N–H and O–H groups in total. The van der Waals surface area contributed by atoms with Gasteiger partial charge in [-0.3, -0.25) is 0 Å². The molecule has 1 saturated heterocycles. The summed E-state index contributed by atoms with van der Waals surface area (Å²) >= 11 is 15.9. The highest BCUT2D eigenvalue weighted by Gasteiger charge is 2.33. The fourth-order valence-electron chi connectivity index (χ4n) is 2.38. The fraction of sp³-hybridized carbons (Fsp3) is 0.538. The second-order valence-corrected chi connectivity index (χ2v) is 6.17. The molecule has 0 spiro atoms. The maximum Gasteiger partial charge on any atom is 0.0615 e. The normalized spacial score (nSPS) is 26.1. The molecule has 0 radical (unpaired) electrons. The Morgan fingerprint density at radius 3 is 2.88 bits per heavy atom. The molecule has 1 aliphatic rings. The largest absolute Gasteiger partial charge is 0.378 e. The molecule has 0 saturated carbocycles. The molecular formula is C13H15BrCl2O. The van der Waals surface area contributed by atoms with Crippen LogP contribution in [-0.2, 0) is 4.74 Å². The number of hydrogen-bond acceptors (Lipinski definition) is 1. The third kappa shape index (κ3) is 2.98. The molecule has 1 fully saturated rings. The van der Waals surface area contributed by atoms with E-state index >= 15 is 0 Å². The average Bonchev–Trinajstić information content (AvgIpc) is 2.76. The summed E-state index contributed by atoms with van der Waals surface area (Å²) in [4.78, 5) is 0.236. The van der Waals surface area contributed by atoms with Crippen LogP contribution in [-0.4, -0.2) is 12.7 Å². The summed E-state index contributed by atoms with van der Waals surface area (Å²) in [7, 11) is 0. The molecule has 0 aromatic heterocycles. The number of benzene rings is 1. The molecule has 1 aromatic rings. The molecule has 0 aliphatic carbocycles. The van der Waals surface area contributed by atoms with E-state index < -0.39 is 0 Å². The zero-order chi connectivity index (χ0) is 12.4. The van der Waals surface area contributed by atoms with E-state index in [0.29, 0.717) is 17.0 Å². The molecule has 3 atom stereocenters. The standard InChI is InChI=1S/C13H15BrCl2O/c1-2-12-10(5-6-17-12)13(14)9-4-3-8(15)7-11(9)16/h3-4,7,10,12-13H,2,5-6H2,1H3. The predicted molar refractivity (Wildman–Crippen MR) is 76.3 cm³/mol. The lowest BCUT2D eigenvalue weighted by molar-refractivity contribution is 0.0873. The number of alkyl halides is 1. The van der Waals surface area contributed by atoms with Crippen molar-refractivity contribution in [1.29, 1.82) is 0 Å². The summed E-state index contributed by atoms with van der Waals surface area (Å²) in [5, 5.41) is 1.40. The lowest BCUT2D eigenvalue weighted by Gasteiger charge is -2.23. The Morgan fingerprint density at radius 2 is 2.24 bits per heavy atom. The molecule has 1 aliphatic heterocycles. The Morgan fingerprint density at radius 1 is 1.47 bits per heavy atom. The van der Waals surface area contributed by atoms with E-state index in [1.807, 2.05) is 12.1 Å². The summed E-state index contributed by atoms with van der Waals surface area (Å²) < 4.78 is 5.72. The zero-order valence-electron chi connectivity index (χ0n) is 9.63. The Labute approximate surface area is 121 Å². The van der Waals surface area contributed by atoms with E-state index in [0.717, 1.165) is 30.0 Å². The number of hydrogen-bond donors (Lipinski definition) is 0. The van der Waals surface area contributed by atoms with Gasteiger partial charge >= 0.3 is 0 Å². The van der Waals surface area contributed by atoms with Gasteiger partial charge in [0.2, 0.25) is 0 Å². The molecular weight excluding hydrogens is 323 g/mol. The third-order valence-corrected chi connectivity index (χ3v) is 5.03. The highest BCUT2D eigenvalue weighted by atomic mass is 79.9. The van der Waals surface area contributed by atoms with Crippen molar-refractivity contribution < 1.29 is 4.74 Å². The van der Waals surface area contributed by atoms with Crippen LogP contribution in [0.4, 0.5) is 0 Å². The summed E-state index contributed by atoms with van der Waals surface area (Å²) in [6, 6.07) is 5.67. The van der Waals surface area contributed by atoms with E-state index in [-0.39, 0.29) is 4.83 Å². The maximum atomic E-state index is 6.24. The Bertz CT molecular complexity index is 397. The van der Waals surface area contributed by atoms with Crippen LogP contribution in [0.1, 0.15) is 30.2 Å². The first-order valence-corrected chi connectivity index (χ1v) is 7.51. The Balaban J connectivity index is 2.21. The monoisotopic (exact) mass is 336 g/mol. The Hall–Kier alpha value is 0.240. The van der Waals surface area contributed by atoms with Crippen molar-refractivity contribution in [2.45, 2.75) is 30.7 Å². The van der Waals surface area contributed by atoms with Crippen molar-refractivity contribution in [2.75, 3.05) is 6.61 Å². The molecule has 2 rings (SSSR count). The zero-order valence-corrected chi connectivity index (χ0v) is 12.7. The van der Waals surface area contributed by atoms with Crippen molar-refractivity contribution in [1.82, 2.24) is 0 Å². The number of rotatable bonds is 3. The second kappa shape index (κ2) is 5.92. The second-order valence-electron chi connectivity index (χ2n) is 4.34. The maximum absolute atomic E-state index is 6.24. The first kappa shape index (κ1) is 13.7. The molecule has 94 valence electrons. The molecule has 1 heterocycles. The molecule has 4 heteroatoms. The third-order valence-electron chi connectivity index (χ3n) is 3.30. The van der Waals surface area contributed by atoms with Gasteiger partial charge in [-0.1, -0.05) is 52.1 Å². The van der Waals surface area contributed by atoms with Crippen LogP contribution >= 0.6 is 39.1 Å². The predicted octanol–water partition coefficient (Wildman–Crippen LogP) is 5.24. The summed E-state index contributed by atoms with van der Waals surface area (Å²) in [5.74, 6) is 0.485. The van der Waals surface area contributed by atoms with Gasteiger partial charge in [0, 0.05) is 27.4 Å². The van der Waals surface area contributed by atoms with E-state index in [2.05, 4.69) is 22.9 Å². The minimum absolute atomic E-state index is 0.236. The van der Waals surface area contributed by atoms with Gasteiger partial charge in [0.1, 0.15) is 0 Å². The molecule has 17 heavy (non-hydrogen) atoms. The quantitative estimate of drug-likeness (QED) is 0.685. The van der Waals surface area contributed by atoms with Gasteiger partial charge in [-0.15, -0.1) is 0 Å². The van der Waals surface area contributed by atoms with Crippen LogP contribution in [0.15, 0.2) is 18.2 Å². The smallest absolute Gasteiger partial charge is 0.0615 e. The lowest BCUT2D eigenvalue weighted by Crippen LogP contribution is -2.19. The van der Waals surface area contributed by atoms with Gasteiger partial charge in [0.15, 0.2) is 0 Å². The van der Waals surface area contributed by atoms with Crippen molar-refractivity contribution in [2.24, 2.45) is 5.92 Å². The Kier molecular flexibility index (Phi) is 4.76. The van der Waals surface area contributed by atoms with E-state index in [4.69, 9.17) is 27.9 Å². The minimum atomic E-state index is 0.236. The van der Waals surface area contributed by atoms with Gasteiger partial charge in [0.25, 0.3) is 0 Å². The molecule has 3 unspecified atom stereocenters. The van der Waals surface area contributed by atoms with Crippen molar-refractivity contribution >= 4 is 39.1 Å². The van der Waals surface area contributed by atoms with Gasteiger partial charge in [-0.2, -0.15) is 0 Å². The van der Waals surface area contributed by atoms with E-state index in [1.165, 1.54) is 0 Å². The molecule has 0 bridgehead atoms. The van der Waals surface area contributed by atoms with E-state index in [1.54, 1.807) is 6.07 Å². The summed E-state index contributed by atoms with van der Waals surface area (Å²) in [6.07, 6.45) is 2.44. The van der Waals surface area contributed by atoms with Gasteiger partial charge in [-0.05, 0) is 30.5 Å². The average molecular weight is 338 g/mol. The summed E-state index contributed by atoms with van der Waals surface area (Å²) in [5.41, 5.74) is 1.10. The number of ether oxygens (including phenoxy) is 1. The van der Waals surface area contributed by atoms with Crippen LogP contribution in [0.5, 0.6) is 0 Å². The topological polar surface area (TPSA) is 9.23 Å².